The standard InChI is InChI=1S/C107H66F6N12/c1-65-58-75(47-52-80(65)74-46-53-82-81-44-26-27-45-89(81)125(94(82)61-74)93-55-49-76(102-120-98(70-36-18-6-19-37-70)118-99(121-102)71-38-20-7-21-39-71)59-85(93)104-114-87(66-28-10-2-11-29-66)64-88(115-104)67-30-12-3-13-31-67)95-96(68-32-14-4-15-33-68)116-105(117-97(95)69-34-16-5-17-35-69)86-60-77(103-122-100(72-40-22-8-23-41-72)119-101(123-103)73-42-24-9-25-43-73)48-54-92(86)124-90-56-50-78(106(108,109)110)62-83(90)84-63-79(107(111,112)113)51-57-91(84)124/h2-64H,1H3. The van der Waals surface area contributed by atoms with Crippen LogP contribution in [0.5, 0.6) is 0 Å². The Morgan fingerprint density at radius 1 is 0.208 bits per heavy atom. The lowest BCUT2D eigenvalue weighted by Gasteiger charge is -2.20. The van der Waals surface area contributed by atoms with Gasteiger partial charge in [-0.25, -0.2) is 49.8 Å². The quantitative estimate of drug-likeness (QED) is 0.0859. The third-order valence-electron chi connectivity index (χ3n) is 22.7. The van der Waals surface area contributed by atoms with E-state index in [2.05, 4.69) is 115 Å². The Labute approximate surface area is 712 Å². The molecule has 125 heavy (non-hydrogen) atoms. The highest BCUT2D eigenvalue weighted by Gasteiger charge is 2.35. The van der Waals surface area contributed by atoms with Crippen LogP contribution in [-0.4, -0.2) is 59.0 Å². The maximum absolute atomic E-state index is 14.9. The van der Waals surface area contributed by atoms with Gasteiger partial charge < -0.3 is 9.13 Å². The molecule has 21 rings (SSSR count). The number of rotatable bonds is 16. The predicted octanol–water partition coefficient (Wildman–Crippen LogP) is 27.5. The molecule has 0 spiro atoms. The van der Waals surface area contributed by atoms with Crippen LogP contribution in [0.2, 0.25) is 0 Å². The van der Waals surface area contributed by atoms with Crippen molar-refractivity contribution in [3.8, 4) is 170 Å². The van der Waals surface area contributed by atoms with Gasteiger partial charge in [0.2, 0.25) is 0 Å². The van der Waals surface area contributed by atoms with E-state index in [1.807, 2.05) is 231 Å². The summed E-state index contributed by atoms with van der Waals surface area (Å²) in [6, 6.07) is 120. The van der Waals surface area contributed by atoms with Gasteiger partial charge in [0, 0.05) is 93.9 Å². The molecule has 0 unspecified atom stereocenters. The van der Waals surface area contributed by atoms with E-state index in [1.54, 1.807) is 16.7 Å². The third-order valence-corrected chi connectivity index (χ3v) is 22.7. The zero-order valence-electron chi connectivity index (χ0n) is 66.5. The predicted molar refractivity (Wildman–Crippen MR) is 484 cm³/mol. The first-order valence-corrected chi connectivity index (χ1v) is 40.6. The van der Waals surface area contributed by atoms with Gasteiger partial charge in [-0.15, -0.1) is 0 Å². The van der Waals surface area contributed by atoms with Gasteiger partial charge in [-0.1, -0.05) is 291 Å². The van der Waals surface area contributed by atoms with Crippen molar-refractivity contribution in [1.82, 2.24) is 59.0 Å². The lowest BCUT2D eigenvalue weighted by molar-refractivity contribution is -0.138. The number of benzene rings is 15. The number of para-hydroxylation sites is 1. The number of fused-ring (bicyclic) bond motifs is 6. The van der Waals surface area contributed by atoms with E-state index < -0.39 is 23.5 Å². The summed E-state index contributed by atoms with van der Waals surface area (Å²) in [4.78, 5) is 53.2. The molecular formula is C107H66F6N12. The zero-order valence-corrected chi connectivity index (χ0v) is 66.5. The van der Waals surface area contributed by atoms with Gasteiger partial charge in [0.1, 0.15) is 0 Å². The molecule has 15 aromatic carbocycles. The maximum atomic E-state index is 14.9. The molecule has 0 atom stereocenters. The second-order valence-electron chi connectivity index (χ2n) is 30.5. The van der Waals surface area contributed by atoms with Gasteiger partial charge >= 0.3 is 12.4 Å². The third kappa shape index (κ3) is 14.4. The van der Waals surface area contributed by atoms with Crippen LogP contribution in [0.4, 0.5) is 26.3 Å². The highest BCUT2D eigenvalue weighted by Crippen LogP contribution is 2.48. The normalized spacial score (nSPS) is 11.8. The van der Waals surface area contributed by atoms with Crippen LogP contribution < -0.4 is 0 Å². The van der Waals surface area contributed by atoms with E-state index in [4.69, 9.17) is 49.8 Å². The number of nitrogens with zero attached hydrogens (tertiary/aromatic N) is 12. The molecule has 0 saturated carbocycles. The lowest BCUT2D eigenvalue weighted by atomic mass is 9.90. The van der Waals surface area contributed by atoms with Gasteiger partial charge in [0.25, 0.3) is 0 Å². The second-order valence-corrected chi connectivity index (χ2v) is 30.5. The molecule has 6 heterocycles. The fourth-order valence-electron chi connectivity index (χ4n) is 16.7. The smallest absolute Gasteiger partial charge is 0.309 e. The number of hydrogen-bond donors (Lipinski definition) is 0. The molecule has 0 N–H and O–H groups in total. The van der Waals surface area contributed by atoms with Crippen molar-refractivity contribution in [2.24, 2.45) is 0 Å². The molecule has 12 nitrogen and oxygen atoms in total. The van der Waals surface area contributed by atoms with E-state index in [-0.39, 0.29) is 33.5 Å². The van der Waals surface area contributed by atoms with Crippen molar-refractivity contribution in [2.45, 2.75) is 19.3 Å². The van der Waals surface area contributed by atoms with Crippen LogP contribution in [0.25, 0.3) is 213 Å². The van der Waals surface area contributed by atoms with Gasteiger partial charge in [0.15, 0.2) is 46.6 Å². The van der Waals surface area contributed by atoms with Gasteiger partial charge in [-0.2, -0.15) is 26.3 Å². The Kier molecular flexibility index (Phi) is 19.1. The minimum atomic E-state index is -4.84. The molecular weight excluding hydrogens is 1570 g/mol. The first-order chi connectivity index (χ1) is 61.1. The Morgan fingerprint density at radius 2 is 0.536 bits per heavy atom. The Morgan fingerprint density at radius 3 is 0.936 bits per heavy atom. The molecule has 21 aromatic rings. The monoisotopic (exact) mass is 1630 g/mol. The van der Waals surface area contributed by atoms with Gasteiger partial charge in [0.05, 0.1) is 67.3 Å². The van der Waals surface area contributed by atoms with E-state index in [0.717, 1.165) is 130 Å². The Bertz CT molecular complexity index is 7420. The van der Waals surface area contributed by atoms with Crippen molar-refractivity contribution in [2.75, 3.05) is 0 Å². The summed E-state index contributed by atoms with van der Waals surface area (Å²) in [5.41, 5.74) is 16.7. The first-order valence-electron chi connectivity index (χ1n) is 40.6. The molecule has 0 aliphatic heterocycles. The number of aryl methyl sites for hydroxylation is 1. The number of hydrogen-bond acceptors (Lipinski definition) is 10. The molecule has 0 aliphatic carbocycles. The first kappa shape index (κ1) is 76.1. The molecule has 0 aliphatic rings. The molecule has 0 amide bonds. The number of alkyl halides is 6. The largest absolute Gasteiger partial charge is 0.416 e. The molecule has 0 fully saturated rings. The SMILES string of the molecule is Cc1cc(-c2c(-c3ccccc3)nc(-c3cc(-c4nc(-c5ccccc5)nc(-c5ccccc5)n4)ccc3-n3c4ccc(C(F)(F)F)cc4c4cc(C(F)(F)F)ccc43)nc2-c2ccccc2)ccc1-c1ccc2c3ccccc3n(-c3ccc(-c4nc(-c5ccccc5)nc(-c5ccccc5)n4)cc3-c3nc(-c4ccccc4)cc(-c4ccccc4)n3)c2c1. The van der Waals surface area contributed by atoms with Crippen molar-refractivity contribution in [1.29, 1.82) is 0 Å². The van der Waals surface area contributed by atoms with E-state index in [0.29, 0.717) is 79.8 Å². The summed E-state index contributed by atoms with van der Waals surface area (Å²) in [6.07, 6.45) is -9.67. The van der Waals surface area contributed by atoms with Crippen LogP contribution >= 0.6 is 0 Å². The summed E-state index contributed by atoms with van der Waals surface area (Å²) in [7, 11) is 0. The summed E-state index contributed by atoms with van der Waals surface area (Å²) in [6.45, 7) is 2.09. The van der Waals surface area contributed by atoms with Gasteiger partial charge in [-0.05, 0) is 120 Å². The highest BCUT2D eigenvalue weighted by molar-refractivity contribution is 6.12. The fourth-order valence-corrected chi connectivity index (χ4v) is 16.7. The van der Waals surface area contributed by atoms with Crippen LogP contribution in [0, 0.1) is 6.92 Å². The Hall–Kier alpha value is -16.3. The van der Waals surface area contributed by atoms with Crippen LogP contribution in [-0.2, 0) is 12.4 Å². The second kappa shape index (κ2) is 31.3. The average Bonchev–Trinajstić information content (AvgIpc) is 1.60. The van der Waals surface area contributed by atoms with Crippen LogP contribution in [0.1, 0.15) is 16.7 Å². The van der Waals surface area contributed by atoms with E-state index in [9.17, 15) is 26.3 Å². The van der Waals surface area contributed by atoms with Gasteiger partial charge in [-0.3, -0.25) is 0 Å². The fraction of sp³-hybridized carbons (Fsp3) is 0.0280. The van der Waals surface area contributed by atoms with Crippen molar-refractivity contribution >= 4 is 43.6 Å². The minimum Gasteiger partial charge on any atom is -0.309 e. The van der Waals surface area contributed by atoms with E-state index >= 15 is 0 Å². The summed E-state index contributed by atoms with van der Waals surface area (Å²) in [5, 5.41) is 1.93. The minimum absolute atomic E-state index is 0.0529. The van der Waals surface area contributed by atoms with Crippen molar-refractivity contribution < 1.29 is 26.3 Å². The zero-order chi connectivity index (χ0) is 84.4. The Balaban J connectivity index is 0.764. The number of aromatic nitrogens is 12. The van der Waals surface area contributed by atoms with Crippen molar-refractivity contribution in [3.63, 3.8) is 0 Å². The number of halogens is 6. The maximum Gasteiger partial charge on any atom is 0.416 e. The molecule has 0 radical (unpaired) electrons. The molecule has 0 bridgehead atoms. The topological polar surface area (TPSA) is 139 Å². The van der Waals surface area contributed by atoms with Crippen LogP contribution in [0.3, 0.4) is 0 Å². The summed E-state index contributed by atoms with van der Waals surface area (Å²) >= 11 is 0. The molecule has 6 aromatic heterocycles. The summed E-state index contributed by atoms with van der Waals surface area (Å²) in [5.74, 6) is 3.16. The summed E-state index contributed by atoms with van der Waals surface area (Å²) < 4.78 is 93.4. The molecule has 596 valence electrons. The van der Waals surface area contributed by atoms with Crippen LogP contribution in [0.15, 0.2) is 382 Å². The van der Waals surface area contributed by atoms with Crippen molar-refractivity contribution in [3.05, 3.63) is 399 Å². The van der Waals surface area contributed by atoms with E-state index in [1.165, 1.54) is 12.1 Å². The molecule has 0 saturated heterocycles. The highest BCUT2D eigenvalue weighted by atomic mass is 19.4. The average molecular weight is 1630 g/mol. The lowest BCUT2D eigenvalue weighted by Crippen LogP contribution is -2.06. The molecule has 18 heteroatoms.